The second kappa shape index (κ2) is 19.5. The van der Waals surface area contributed by atoms with Crippen molar-refractivity contribution in [1.82, 2.24) is 24.3 Å². The van der Waals surface area contributed by atoms with Crippen LogP contribution in [0.2, 0.25) is 0 Å². The molecular weight excluding hydrogens is 771 g/mol. The molecule has 15 heteroatoms. The number of ether oxygens (including phenoxy) is 5. The summed E-state index contributed by atoms with van der Waals surface area (Å²) in [6.45, 7) is 17.1. The van der Waals surface area contributed by atoms with Gasteiger partial charge in [-0.3, -0.25) is 19.4 Å². The number of aromatic nitrogens is 3. The van der Waals surface area contributed by atoms with Crippen LogP contribution in [0, 0.1) is 30.6 Å². The Morgan fingerprint density at radius 3 is 2.30 bits per heavy atom. The maximum Gasteiger partial charge on any atom is 0.410 e. The number of carbonyl (C=O) groups excluding carboxylic acids is 4. The molecule has 3 aliphatic rings. The lowest BCUT2D eigenvalue weighted by Crippen LogP contribution is -2.61. The minimum atomic E-state index is -1.36. The van der Waals surface area contributed by atoms with Gasteiger partial charge in [-0.2, -0.15) is 0 Å². The number of unbranched alkanes of at least 4 members (excludes halogenated alkanes) is 1. The molecule has 13 atom stereocenters. The van der Waals surface area contributed by atoms with Gasteiger partial charge in [0.25, 0.3) is 0 Å². The van der Waals surface area contributed by atoms with Crippen LogP contribution in [-0.4, -0.2) is 135 Å². The number of likely N-dealkylation sites (N-methyl/N-ethyl adjacent to an activating group) is 1. The molecule has 5 heterocycles. The highest BCUT2D eigenvalue weighted by molar-refractivity contribution is 6.00. The summed E-state index contributed by atoms with van der Waals surface area (Å²) in [7, 11) is 5.25. The molecule has 0 aromatic carbocycles. The van der Waals surface area contributed by atoms with E-state index in [2.05, 4.69) is 9.97 Å². The Hall–Kier alpha value is -3.76. The number of amides is 1. The number of nitrogens with zero attached hydrogens (tertiary/aromatic N) is 5. The highest BCUT2D eigenvalue weighted by Crippen LogP contribution is 2.45. The average Bonchev–Trinajstić information content (AvgIpc) is 3.81. The Bertz CT molecular complexity index is 1800. The molecule has 2 aromatic rings. The molecular formula is C45H69N5O10. The van der Waals surface area contributed by atoms with Gasteiger partial charge in [0.1, 0.15) is 23.9 Å². The number of imidazole rings is 1. The van der Waals surface area contributed by atoms with Gasteiger partial charge in [-0.15, -0.1) is 0 Å². The zero-order chi connectivity index (χ0) is 44.3. The number of hydrogen-bond acceptors (Lipinski definition) is 13. The predicted octanol–water partition coefficient (Wildman–Crippen LogP) is 5.63. The van der Waals surface area contributed by atoms with Crippen LogP contribution < -0.4 is 0 Å². The number of methoxy groups -OCH3 is 1. The van der Waals surface area contributed by atoms with Crippen molar-refractivity contribution >= 4 is 23.6 Å². The van der Waals surface area contributed by atoms with Crippen LogP contribution in [0.1, 0.15) is 99.6 Å². The van der Waals surface area contributed by atoms with Crippen LogP contribution in [0.4, 0.5) is 4.79 Å². The number of ketones is 2. The Morgan fingerprint density at radius 1 is 0.983 bits per heavy atom. The van der Waals surface area contributed by atoms with E-state index in [-0.39, 0.29) is 37.2 Å². The van der Waals surface area contributed by atoms with Crippen molar-refractivity contribution in [2.24, 2.45) is 23.7 Å². The van der Waals surface area contributed by atoms with Crippen molar-refractivity contribution in [2.75, 3.05) is 27.7 Å². The Balaban J connectivity index is 1.45. The fourth-order valence-electron chi connectivity index (χ4n) is 9.82. The van der Waals surface area contributed by atoms with Crippen molar-refractivity contribution in [3.63, 3.8) is 0 Å². The maximum absolute atomic E-state index is 14.8. The maximum atomic E-state index is 14.8. The summed E-state index contributed by atoms with van der Waals surface area (Å²) in [6, 6.07) is 2.88. The number of pyridine rings is 1. The molecule has 0 radical (unpaired) electrons. The molecule has 1 N–H and O–H groups in total. The van der Waals surface area contributed by atoms with E-state index >= 15 is 0 Å². The third-order valence-corrected chi connectivity index (χ3v) is 13.4. The van der Waals surface area contributed by atoms with E-state index in [4.69, 9.17) is 23.7 Å². The Morgan fingerprint density at radius 2 is 1.68 bits per heavy atom. The van der Waals surface area contributed by atoms with Crippen LogP contribution in [0.15, 0.2) is 30.9 Å². The van der Waals surface area contributed by atoms with E-state index in [9.17, 15) is 24.3 Å². The first-order valence-electron chi connectivity index (χ1n) is 21.7. The van der Waals surface area contributed by atoms with Crippen LogP contribution in [0.25, 0.3) is 11.3 Å². The second-order valence-corrected chi connectivity index (χ2v) is 17.9. The number of carbonyl (C=O) groups is 4. The molecule has 1 unspecified atom stereocenters. The second-order valence-electron chi connectivity index (χ2n) is 17.9. The van der Waals surface area contributed by atoms with Crippen molar-refractivity contribution in [1.29, 1.82) is 0 Å². The number of aryl methyl sites for hydroxylation is 2. The average molecular weight is 840 g/mol. The van der Waals surface area contributed by atoms with Crippen molar-refractivity contribution in [3.8, 4) is 11.3 Å². The van der Waals surface area contributed by atoms with Crippen molar-refractivity contribution in [2.45, 2.75) is 161 Å². The summed E-state index contributed by atoms with van der Waals surface area (Å²) < 4.78 is 33.5. The summed E-state index contributed by atoms with van der Waals surface area (Å²) in [4.78, 5) is 69.8. The minimum absolute atomic E-state index is 0.132. The molecule has 334 valence electrons. The highest BCUT2D eigenvalue weighted by Gasteiger charge is 2.62. The third kappa shape index (κ3) is 9.65. The number of rotatable bonds is 12. The molecule has 3 saturated heterocycles. The van der Waals surface area contributed by atoms with Crippen LogP contribution in [0.5, 0.6) is 0 Å². The van der Waals surface area contributed by atoms with E-state index in [1.165, 1.54) is 14.0 Å². The lowest BCUT2D eigenvalue weighted by atomic mass is 9.72. The molecule has 3 fully saturated rings. The molecule has 0 spiro atoms. The van der Waals surface area contributed by atoms with E-state index in [0.717, 1.165) is 17.0 Å². The summed E-state index contributed by atoms with van der Waals surface area (Å²) in [5.41, 5.74) is 0.0435. The van der Waals surface area contributed by atoms with Gasteiger partial charge in [0.15, 0.2) is 17.7 Å². The summed E-state index contributed by atoms with van der Waals surface area (Å²) >= 11 is 0. The van der Waals surface area contributed by atoms with Gasteiger partial charge in [-0.05, 0) is 92.4 Å². The van der Waals surface area contributed by atoms with E-state index in [1.807, 2.05) is 83.4 Å². The van der Waals surface area contributed by atoms with Gasteiger partial charge in [-0.25, -0.2) is 9.78 Å². The normalized spacial score (nSPS) is 35.9. The number of hydrogen-bond donors (Lipinski definition) is 1. The number of aliphatic hydroxyl groups excluding tert-OH is 1. The minimum Gasteiger partial charge on any atom is -0.457 e. The standard InChI is InChI=1S/C45H69N5O10/c1-13-35-45(14-2)39(50(43(55)60-45)20-16-15-19-49-24-33(47-25-49)32-18-17-27(4)46-23-32)29(6)36(51)26(3)22-44(9,56-12)40(30(7)37(52)31(8)41(54)58-35)59-42-38(53)34(48(10)11)21-28(5)57-42/h17-18,23-26,28-31,34-35,38-40,42,53H,13-16,19-22H2,1-12H3/t26-,28-,29+,30+,31-,34+,35-,38-,39+,40-,42?,44+,45-/m1/s1. The van der Waals surface area contributed by atoms with E-state index < -0.39 is 83.4 Å². The first-order valence-corrected chi connectivity index (χ1v) is 21.7. The molecule has 0 saturated carbocycles. The van der Waals surface area contributed by atoms with Gasteiger partial charge in [-0.1, -0.05) is 34.6 Å². The molecule has 0 bridgehead atoms. The predicted molar refractivity (Wildman–Crippen MR) is 224 cm³/mol. The summed E-state index contributed by atoms with van der Waals surface area (Å²) in [6.07, 6.45) is 3.12. The fourth-order valence-corrected chi connectivity index (χ4v) is 9.82. The molecule has 60 heavy (non-hydrogen) atoms. The molecule has 1 amide bonds. The largest absolute Gasteiger partial charge is 0.457 e. The summed E-state index contributed by atoms with van der Waals surface area (Å²) in [5.74, 6) is -4.92. The number of aliphatic hydroxyl groups is 1. The number of cyclic esters (lactones) is 1. The highest BCUT2D eigenvalue weighted by atomic mass is 16.7. The third-order valence-electron chi connectivity index (χ3n) is 13.4. The van der Waals surface area contributed by atoms with Gasteiger partial charge >= 0.3 is 12.1 Å². The lowest BCUT2D eigenvalue weighted by Gasteiger charge is -2.47. The Kier molecular flexibility index (Phi) is 15.4. The van der Waals surface area contributed by atoms with Crippen LogP contribution in [-0.2, 0) is 44.6 Å². The number of fused-ring (bicyclic) bond motifs is 1. The molecule has 2 aromatic heterocycles. The molecule has 0 aliphatic carbocycles. The van der Waals surface area contributed by atoms with Crippen LogP contribution in [0.3, 0.4) is 0 Å². The van der Waals surface area contributed by atoms with Gasteiger partial charge in [0.05, 0.1) is 35.9 Å². The van der Waals surface area contributed by atoms with Crippen molar-refractivity contribution < 1.29 is 48.0 Å². The van der Waals surface area contributed by atoms with Crippen LogP contribution >= 0.6 is 0 Å². The molecule has 15 nitrogen and oxygen atoms in total. The zero-order valence-corrected chi connectivity index (χ0v) is 37.8. The summed E-state index contributed by atoms with van der Waals surface area (Å²) in [5, 5.41) is 11.5. The van der Waals surface area contributed by atoms with Gasteiger partial charge in [0, 0.05) is 67.6 Å². The fraction of sp³-hybridized carbons (Fsp3) is 0.733. The number of Topliss-reactive ketones (excluding diaryl/α,β-unsaturated/α-hetero) is 2. The lowest BCUT2D eigenvalue weighted by molar-refractivity contribution is -0.295. The van der Waals surface area contributed by atoms with Gasteiger partial charge in [0.2, 0.25) is 0 Å². The Labute approximate surface area is 355 Å². The SMILES string of the molecule is CC[C@H]1OC(=O)[C@H](C)C(=O)[C@H](C)[C@@H](OC2O[C@H](C)C[C@H](N(C)C)[C@H]2O)[C@@](C)(OC)C[C@@H](C)C(=O)[C@H](C)[C@@H]2N(CCCCn3cnc(-c4ccc(C)nc4)c3)C(=O)O[C@@]21CC. The number of esters is 1. The van der Waals surface area contributed by atoms with E-state index in [1.54, 1.807) is 31.3 Å². The smallest absolute Gasteiger partial charge is 0.410 e. The van der Waals surface area contributed by atoms with Gasteiger partial charge < -0.3 is 43.2 Å². The monoisotopic (exact) mass is 840 g/mol. The zero-order valence-electron chi connectivity index (χ0n) is 37.8. The first-order chi connectivity index (χ1) is 28.3. The quantitative estimate of drug-likeness (QED) is 0.159. The van der Waals surface area contributed by atoms with E-state index in [0.29, 0.717) is 32.4 Å². The topological polar surface area (TPSA) is 172 Å². The molecule has 5 rings (SSSR count). The van der Waals surface area contributed by atoms with Crippen molar-refractivity contribution in [3.05, 3.63) is 36.5 Å². The first kappa shape index (κ1) is 47.3. The molecule has 3 aliphatic heterocycles.